The average Bonchev–Trinajstić information content (AvgIpc) is 3.01. The Morgan fingerprint density at radius 1 is 1.21 bits per heavy atom. The van der Waals surface area contributed by atoms with E-state index in [0.29, 0.717) is 11.8 Å². The van der Waals surface area contributed by atoms with Gasteiger partial charge in [0.2, 0.25) is 0 Å². The van der Waals surface area contributed by atoms with Crippen LogP contribution in [0.15, 0.2) is 0 Å². The normalized spacial score (nSPS) is 28.7. The zero-order valence-corrected chi connectivity index (χ0v) is 9.11. The molecule has 0 radical (unpaired) electrons. The van der Waals surface area contributed by atoms with Crippen molar-refractivity contribution in [2.45, 2.75) is 45.1 Å². The lowest BCUT2D eigenvalue weighted by Crippen LogP contribution is -2.26. The van der Waals surface area contributed by atoms with E-state index in [9.17, 15) is 5.11 Å². The van der Waals surface area contributed by atoms with E-state index < -0.39 is 0 Å². The van der Waals surface area contributed by atoms with Crippen LogP contribution in [0.1, 0.15) is 39.0 Å². The van der Waals surface area contributed by atoms with Gasteiger partial charge >= 0.3 is 0 Å². The molecule has 1 aliphatic carbocycles. The molecule has 2 heteroatoms. The molecule has 0 aromatic rings. The van der Waals surface area contributed by atoms with Gasteiger partial charge in [0.15, 0.2) is 0 Å². The molecule has 1 aliphatic heterocycles. The first kappa shape index (κ1) is 10.4. The Balaban J connectivity index is 1.71. The minimum atomic E-state index is -0.0643. The summed E-state index contributed by atoms with van der Waals surface area (Å²) < 4.78 is 5.32. The topological polar surface area (TPSA) is 29.5 Å². The van der Waals surface area contributed by atoms with Gasteiger partial charge in [0.05, 0.1) is 6.10 Å². The van der Waals surface area contributed by atoms with Crippen molar-refractivity contribution < 1.29 is 9.84 Å². The van der Waals surface area contributed by atoms with E-state index in [0.717, 1.165) is 38.4 Å². The Labute approximate surface area is 86.6 Å². The largest absolute Gasteiger partial charge is 0.393 e. The van der Waals surface area contributed by atoms with Crippen molar-refractivity contribution in [3.63, 3.8) is 0 Å². The summed E-state index contributed by atoms with van der Waals surface area (Å²) in [5.74, 6) is 2.06. The minimum absolute atomic E-state index is 0.0643. The van der Waals surface area contributed by atoms with Crippen LogP contribution in [-0.2, 0) is 4.74 Å². The van der Waals surface area contributed by atoms with Gasteiger partial charge in [0, 0.05) is 13.2 Å². The minimum Gasteiger partial charge on any atom is -0.393 e. The molecule has 1 heterocycles. The van der Waals surface area contributed by atoms with Crippen LogP contribution in [0.2, 0.25) is 0 Å². The third kappa shape index (κ3) is 2.71. The molecular formula is C12H22O2. The van der Waals surface area contributed by atoms with Crippen LogP contribution < -0.4 is 0 Å². The summed E-state index contributed by atoms with van der Waals surface area (Å²) in [6, 6.07) is 0. The Bertz CT molecular complexity index is 171. The van der Waals surface area contributed by atoms with E-state index in [4.69, 9.17) is 4.74 Å². The van der Waals surface area contributed by atoms with Crippen molar-refractivity contribution >= 4 is 0 Å². The van der Waals surface area contributed by atoms with Crippen molar-refractivity contribution in [3.05, 3.63) is 0 Å². The molecule has 14 heavy (non-hydrogen) atoms. The number of hydrogen-bond acceptors (Lipinski definition) is 2. The fourth-order valence-electron chi connectivity index (χ4n) is 2.47. The van der Waals surface area contributed by atoms with Crippen LogP contribution in [0.4, 0.5) is 0 Å². The maximum absolute atomic E-state index is 10.0. The average molecular weight is 198 g/mol. The summed E-state index contributed by atoms with van der Waals surface area (Å²) in [4.78, 5) is 0. The predicted octanol–water partition coefficient (Wildman–Crippen LogP) is 2.21. The Kier molecular flexibility index (Phi) is 3.45. The fourth-order valence-corrected chi connectivity index (χ4v) is 2.47. The number of aliphatic hydroxyl groups is 1. The van der Waals surface area contributed by atoms with Gasteiger partial charge < -0.3 is 9.84 Å². The van der Waals surface area contributed by atoms with E-state index in [-0.39, 0.29) is 6.10 Å². The van der Waals surface area contributed by atoms with Crippen molar-refractivity contribution in [2.24, 2.45) is 17.8 Å². The summed E-state index contributed by atoms with van der Waals surface area (Å²) in [7, 11) is 0. The van der Waals surface area contributed by atoms with Crippen LogP contribution in [0.3, 0.4) is 0 Å². The van der Waals surface area contributed by atoms with Crippen molar-refractivity contribution in [2.75, 3.05) is 13.2 Å². The molecule has 1 saturated heterocycles. The van der Waals surface area contributed by atoms with Gasteiger partial charge in [-0.2, -0.15) is 0 Å². The predicted molar refractivity (Wildman–Crippen MR) is 56.1 cm³/mol. The summed E-state index contributed by atoms with van der Waals surface area (Å²) in [6.07, 6.45) is 5.91. The van der Waals surface area contributed by atoms with Crippen LogP contribution in [0.25, 0.3) is 0 Å². The van der Waals surface area contributed by atoms with Crippen LogP contribution in [0.5, 0.6) is 0 Å². The molecule has 2 rings (SSSR count). The molecule has 82 valence electrons. The SMILES string of the molecule is CC(C(O)CC1CCOCC1)C1CC1. The molecule has 1 saturated carbocycles. The fraction of sp³-hybridized carbons (Fsp3) is 1.00. The second-order valence-corrected chi connectivity index (χ2v) is 5.06. The summed E-state index contributed by atoms with van der Waals surface area (Å²) >= 11 is 0. The molecule has 0 aromatic carbocycles. The van der Waals surface area contributed by atoms with Crippen LogP contribution in [0, 0.1) is 17.8 Å². The number of ether oxygens (including phenoxy) is 1. The Morgan fingerprint density at radius 2 is 1.86 bits per heavy atom. The second-order valence-electron chi connectivity index (χ2n) is 5.06. The molecule has 2 unspecified atom stereocenters. The maximum atomic E-state index is 10.0. The summed E-state index contributed by atoms with van der Waals surface area (Å²) in [5.41, 5.74) is 0. The van der Waals surface area contributed by atoms with Gasteiger partial charge in [-0.25, -0.2) is 0 Å². The van der Waals surface area contributed by atoms with Crippen LogP contribution in [-0.4, -0.2) is 24.4 Å². The van der Waals surface area contributed by atoms with E-state index in [1.54, 1.807) is 0 Å². The lowest BCUT2D eigenvalue weighted by atomic mass is 9.87. The first-order valence-corrected chi connectivity index (χ1v) is 6.03. The monoisotopic (exact) mass is 198 g/mol. The van der Waals surface area contributed by atoms with Crippen molar-refractivity contribution in [1.82, 2.24) is 0 Å². The quantitative estimate of drug-likeness (QED) is 0.750. The van der Waals surface area contributed by atoms with E-state index in [1.165, 1.54) is 12.8 Å². The molecule has 1 N–H and O–H groups in total. The summed E-state index contributed by atoms with van der Waals surface area (Å²) in [6.45, 7) is 4.01. The number of aliphatic hydroxyl groups excluding tert-OH is 1. The molecule has 0 bridgehead atoms. The second kappa shape index (κ2) is 4.63. The molecular weight excluding hydrogens is 176 g/mol. The standard InChI is InChI=1S/C12H22O2/c1-9(11-2-3-11)12(13)8-10-4-6-14-7-5-10/h9-13H,2-8H2,1H3. The third-order valence-electron chi connectivity index (χ3n) is 3.89. The van der Waals surface area contributed by atoms with Crippen LogP contribution >= 0.6 is 0 Å². The lowest BCUT2D eigenvalue weighted by molar-refractivity contribution is 0.0268. The zero-order chi connectivity index (χ0) is 9.97. The Morgan fingerprint density at radius 3 is 2.43 bits per heavy atom. The Hall–Kier alpha value is -0.0800. The van der Waals surface area contributed by atoms with Gasteiger partial charge in [-0.3, -0.25) is 0 Å². The van der Waals surface area contributed by atoms with Gasteiger partial charge in [0.25, 0.3) is 0 Å². The van der Waals surface area contributed by atoms with Gasteiger partial charge in [0.1, 0.15) is 0 Å². The lowest BCUT2D eigenvalue weighted by Gasteiger charge is -2.27. The molecule has 0 spiro atoms. The van der Waals surface area contributed by atoms with Gasteiger partial charge in [-0.1, -0.05) is 6.92 Å². The number of rotatable bonds is 4. The van der Waals surface area contributed by atoms with Gasteiger partial charge in [-0.05, 0) is 49.9 Å². The molecule has 0 amide bonds. The first-order chi connectivity index (χ1) is 6.77. The molecule has 2 aliphatic rings. The number of hydrogen-bond donors (Lipinski definition) is 1. The molecule has 2 atom stereocenters. The highest BCUT2D eigenvalue weighted by Gasteiger charge is 2.33. The van der Waals surface area contributed by atoms with Gasteiger partial charge in [-0.15, -0.1) is 0 Å². The molecule has 0 aromatic heterocycles. The van der Waals surface area contributed by atoms with E-state index in [2.05, 4.69) is 6.92 Å². The third-order valence-corrected chi connectivity index (χ3v) is 3.89. The highest BCUT2D eigenvalue weighted by atomic mass is 16.5. The zero-order valence-electron chi connectivity index (χ0n) is 9.11. The highest BCUT2D eigenvalue weighted by molar-refractivity contribution is 4.84. The molecule has 2 nitrogen and oxygen atoms in total. The smallest absolute Gasteiger partial charge is 0.0571 e. The van der Waals surface area contributed by atoms with Crippen molar-refractivity contribution in [1.29, 1.82) is 0 Å². The highest BCUT2D eigenvalue weighted by Crippen LogP contribution is 2.39. The molecule has 2 fully saturated rings. The van der Waals surface area contributed by atoms with E-state index >= 15 is 0 Å². The van der Waals surface area contributed by atoms with Crippen molar-refractivity contribution in [3.8, 4) is 0 Å². The summed E-state index contributed by atoms with van der Waals surface area (Å²) in [5, 5.41) is 10.0. The maximum Gasteiger partial charge on any atom is 0.0571 e. The van der Waals surface area contributed by atoms with E-state index in [1.807, 2.05) is 0 Å². The first-order valence-electron chi connectivity index (χ1n) is 6.03.